The zero-order valence-corrected chi connectivity index (χ0v) is 11.7. The van der Waals surface area contributed by atoms with Gasteiger partial charge in [-0.1, -0.05) is 6.07 Å². The predicted molar refractivity (Wildman–Crippen MR) is 80.0 cm³/mol. The molecule has 106 valence electrons. The van der Waals surface area contributed by atoms with Gasteiger partial charge in [0.2, 0.25) is 0 Å². The van der Waals surface area contributed by atoms with Crippen LogP contribution in [0.3, 0.4) is 0 Å². The van der Waals surface area contributed by atoms with E-state index in [0.29, 0.717) is 0 Å². The average molecular weight is 273 g/mol. The Balaban J connectivity index is 1.97. The summed E-state index contributed by atoms with van der Waals surface area (Å²) in [6.45, 7) is 1.57. The Morgan fingerprint density at radius 1 is 1.15 bits per heavy atom. The Hall–Kier alpha value is -1.85. The van der Waals surface area contributed by atoms with Gasteiger partial charge >= 0.3 is 0 Å². The van der Waals surface area contributed by atoms with Crippen LogP contribution in [0.5, 0.6) is 0 Å². The highest BCUT2D eigenvalue weighted by Gasteiger charge is 2.33. The van der Waals surface area contributed by atoms with Crippen molar-refractivity contribution in [1.82, 2.24) is 4.98 Å². The van der Waals surface area contributed by atoms with Crippen LogP contribution < -0.4 is 10.6 Å². The molecule has 0 saturated carbocycles. The van der Waals surface area contributed by atoms with Crippen LogP contribution in [0.2, 0.25) is 0 Å². The van der Waals surface area contributed by atoms with Crippen molar-refractivity contribution in [1.29, 1.82) is 0 Å². The summed E-state index contributed by atoms with van der Waals surface area (Å²) < 4.78 is 11.0. The maximum Gasteiger partial charge on any atom is 0.102 e. The van der Waals surface area contributed by atoms with Gasteiger partial charge in [0.15, 0.2) is 0 Å². The van der Waals surface area contributed by atoms with Crippen molar-refractivity contribution in [3.8, 4) is 0 Å². The standard InChI is InChI=1S/C15H19N3O2/c1-19-13-8-18(9-14(13)20-2)12-4-3-10-7-17-6-5-11(10)15(12)16/h3-7,13-14H,8-9,16H2,1-2H3. The van der Waals surface area contributed by atoms with Gasteiger partial charge in [0, 0.05) is 50.5 Å². The van der Waals surface area contributed by atoms with Crippen molar-refractivity contribution < 1.29 is 9.47 Å². The zero-order valence-electron chi connectivity index (χ0n) is 11.7. The molecule has 1 aliphatic heterocycles. The van der Waals surface area contributed by atoms with E-state index in [1.165, 1.54) is 0 Å². The van der Waals surface area contributed by atoms with E-state index in [0.717, 1.165) is 35.2 Å². The number of hydrogen-bond acceptors (Lipinski definition) is 5. The minimum absolute atomic E-state index is 0.0764. The number of fused-ring (bicyclic) bond motifs is 1. The van der Waals surface area contributed by atoms with Crippen molar-refractivity contribution in [3.63, 3.8) is 0 Å². The maximum absolute atomic E-state index is 6.32. The van der Waals surface area contributed by atoms with Gasteiger partial charge in [0.05, 0.1) is 11.4 Å². The summed E-state index contributed by atoms with van der Waals surface area (Å²) >= 11 is 0. The fourth-order valence-electron chi connectivity index (χ4n) is 2.85. The fraction of sp³-hybridized carbons (Fsp3) is 0.400. The van der Waals surface area contributed by atoms with Gasteiger partial charge in [-0.25, -0.2) is 0 Å². The molecule has 5 nitrogen and oxygen atoms in total. The first-order chi connectivity index (χ1) is 9.74. The third-order valence-electron chi connectivity index (χ3n) is 4.00. The molecule has 0 amide bonds. The third kappa shape index (κ3) is 2.09. The minimum atomic E-state index is 0.0764. The molecule has 1 aromatic heterocycles. The van der Waals surface area contributed by atoms with Crippen LogP contribution in [0, 0.1) is 0 Å². The summed E-state index contributed by atoms with van der Waals surface area (Å²) in [6, 6.07) is 6.05. The van der Waals surface area contributed by atoms with Crippen LogP contribution in [0.1, 0.15) is 0 Å². The highest BCUT2D eigenvalue weighted by Crippen LogP contribution is 2.33. The lowest BCUT2D eigenvalue weighted by Crippen LogP contribution is -2.27. The SMILES string of the molecule is COC1CN(c2ccc3cnccc3c2N)CC1OC. The Kier molecular flexibility index (Phi) is 3.46. The summed E-state index contributed by atoms with van der Waals surface area (Å²) in [7, 11) is 3.44. The predicted octanol–water partition coefficient (Wildman–Crippen LogP) is 1.67. The molecule has 2 unspecified atom stereocenters. The van der Waals surface area contributed by atoms with Gasteiger partial charge in [-0.2, -0.15) is 0 Å². The molecule has 2 heterocycles. The van der Waals surface area contributed by atoms with Gasteiger partial charge in [-0.3, -0.25) is 4.98 Å². The van der Waals surface area contributed by atoms with E-state index >= 15 is 0 Å². The lowest BCUT2D eigenvalue weighted by molar-refractivity contribution is -0.00461. The number of methoxy groups -OCH3 is 2. The molecule has 1 fully saturated rings. The third-order valence-corrected chi connectivity index (χ3v) is 4.00. The fourth-order valence-corrected chi connectivity index (χ4v) is 2.85. The molecule has 1 aromatic carbocycles. The second-order valence-corrected chi connectivity index (χ2v) is 5.05. The first-order valence-electron chi connectivity index (χ1n) is 6.67. The molecule has 1 saturated heterocycles. The second kappa shape index (κ2) is 5.26. The summed E-state index contributed by atoms with van der Waals surface area (Å²) in [5.41, 5.74) is 8.14. The van der Waals surface area contributed by atoms with Gasteiger partial charge in [-0.15, -0.1) is 0 Å². The van der Waals surface area contributed by atoms with Crippen molar-refractivity contribution >= 4 is 22.1 Å². The summed E-state index contributed by atoms with van der Waals surface area (Å²) in [6.07, 6.45) is 3.75. The van der Waals surface area contributed by atoms with E-state index in [1.807, 2.05) is 18.3 Å². The number of nitrogen functional groups attached to an aromatic ring is 1. The van der Waals surface area contributed by atoms with E-state index in [-0.39, 0.29) is 12.2 Å². The lowest BCUT2D eigenvalue weighted by Gasteiger charge is -2.21. The molecule has 0 spiro atoms. The lowest BCUT2D eigenvalue weighted by atomic mass is 10.1. The molecule has 20 heavy (non-hydrogen) atoms. The van der Waals surface area contributed by atoms with E-state index < -0.39 is 0 Å². The molecular formula is C15H19N3O2. The van der Waals surface area contributed by atoms with Gasteiger partial charge in [-0.05, 0) is 12.1 Å². The number of rotatable bonds is 3. The van der Waals surface area contributed by atoms with Crippen molar-refractivity contribution in [2.24, 2.45) is 0 Å². The summed E-state index contributed by atoms with van der Waals surface area (Å²) in [4.78, 5) is 6.34. The highest BCUT2D eigenvalue weighted by atomic mass is 16.5. The van der Waals surface area contributed by atoms with E-state index in [2.05, 4.69) is 16.0 Å². The number of anilines is 2. The molecular weight excluding hydrogens is 254 g/mol. The maximum atomic E-state index is 6.32. The van der Waals surface area contributed by atoms with E-state index in [4.69, 9.17) is 15.2 Å². The van der Waals surface area contributed by atoms with Crippen LogP contribution in [0.4, 0.5) is 11.4 Å². The van der Waals surface area contributed by atoms with Crippen LogP contribution in [-0.4, -0.2) is 44.5 Å². The summed E-state index contributed by atoms with van der Waals surface area (Å²) in [5.74, 6) is 0. The van der Waals surface area contributed by atoms with E-state index in [1.54, 1.807) is 20.4 Å². The largest absolute Gasteiger partial charge is 0.397 e. The van der Waals surface area contributed by atoms with Crippen LogP contribution in [-0.2, 0) is 9.47 Å². The smallest absolute Gasteiger partial charge is 0.102 e. The Morgan fingerprint density at radius 2 is 1.85 bits per heavy atom. The molecule has 2 aromatic rings. The van der Waals surface area contributed by atoms with E-state index in [9.17, 15) is 0 Å². The normalized spacial score (nSPS) is 22.6. The Morgan fingerprint density at radius 3 is 2.50 bits per heavy atom. The van der Waals surface area contributed by atoms with Crippen molar-refractivity contribution in [2.75, 3.05) is 37.9 Å². The monoisotopic (exact) mass is 273 g/mol. The summed E-state index contributed by atoms with van der Waals surface area (Å²) in [5, 5.41) is 2.09. The molecule has 2 atom stereocenters. The Bertz CT molecular complexity index is 605. The minimum Gasteiger partial charge on any atom is -0.397 e. The van der Waals surface area contributed by atoms with Gasteiger partial charge < -0.3 is 20.1 Å². The average Bonchev–Trinajstić information content (AvgIpc) is 2.91. The topological polar surface area (TPSA) is 60.6 Å². The van der Waals surface area contributed by atoms with Crippen molar-refractivity contribution in [2.45, 2.75) is 12.2 Å². The molecule has 0 aliphatic carbocycles. The Labute approximate surface area is 118 Å². The van der Waals surface area contributed by atoms with Crippen LogP contribution in [0.15, 0.2) is 30.6 Å². The first-order valence-corrected chi connectivity index (χ1v) is 6.67. The molecule has 3 rings (SSSR count). The van der Waals surface area contributed by atoms with Crippen molar-refractivity contribution in [3.05, 3.63) is 30.6 Å². The van der Waals surface area contributed by atoms with Crippen LogP contribution >= 0.6 is 0 Å². The molecule has 1 aliphatic rings. The molecule has 0 radical (unpaired) electrons. The molecule has 2 N–H and O–H groups in total. The number of pyridine rings is 1. The number of ether oxygens (including phenoxy) is 2. The molecule has 0 bridgehead atoms. The number of aromatic nitrogens is 1. The van der Waals surface area contributed by atoms with Crippen LogP contribution in [0.25, 0.3) is 10.8 Å². The number of benzene rings is 1. The molecule has 5 heteroatoms. The number of nitrogens with zero attached hydrogens (tertiary/aromatic N) is 2. The second-order valence-electron chi connectivity index (χ2n) is 5.05. The highest BCUT2D eigenvalue weighted by molar-refractivity contribution is 5.98. The number of nitrogens with two attached hydrogens (primary N) is 1. The number of hydrogen-bond donors (Lipinski definition) is 1. The zero-order chi connectivity index (χ0) is 14.1. The van der Waals surface area contributed by atoms with Gasteiger partial charge in [0.25, 0.3) is 0 Å². The first kappa shape index (κ1) is 13.1. The quantitative estimate of drug-likeness (QED) is 0.862. The van der Waals surface area contributed by atoms with Gasteiger partial charge in [0.1, 0.15) is 12.2 Å².